The fourth-order valence-corrected chi connectivity index (χ4v) is 5.15. The van der Waals surface area contributed by atoms with Crippen molar-refractivity contribution in [2.75, 3.05) is 0 Å². The van der Waals surface area contributed by atoms with Crippen LogP contribution in [0.15, 0.2) is 83.0 Å². The Labute approximate surface area is 157 Å². The van der Waals surface area contributed by atoms with Crippen molar-refractivity contribution < 1.29 is 0 Å². The van der Waals surface area contributed by atoms with Gasteiger partial charge in [-0.2, -0.15) is 0 Å². The van der Waals surface area contributed by atoms with Crippen LogP contribution in [-0.2, 0) is 0 Å². The van der Waals surface area contributed by atoms with Crippen molar-refractivity contribution in [1.29, 1.82) is 0 Å². The molecule has 0 heterocycles. The van der Waals surface area contributed by atoms with Crippen LogP contribution in [0.1, 0.15) is 46.3 Å². The number of fused-ring (bicyclic) bond motifs is 3. The standard InChI is InChI=1S/C24H19Br/c1-15-12-23-22(14-17-7-3-5-9-20(17)24(23)25)21(15)13-18-11-10-16-6-2-4-8-19(16)18/h2-12,14,18,24H,13H2,1H3. The van der Waals surface area contributed by atoms with Gasteiger partial charge in [-0.3, -0.25) is 0 Å². The monoisotopic (exact) mass is 386 g/mol. The van der Waals surface area contributed by atoms with Crippen molar-refractivity contribution in [2.45, 2.75) is 24.1 Å². The first kappa shape index (κ1) is 15.2. The molecule has 2 aromatic rings. The lowest BCUT2D eigenvalue weighted by Crippen LogP contribution is -2.06. The highest BCUT2D eigenvalue weighted by atomic mass is 79.9. The smallest absolute Gasteiger partial charge is 0.0656 e. The predicted molar refractivity (Wildman–Crippen MR) is 110 cm³/mol. The van der Waals surface area contributed by atoms with Crippen molar-refractivity contribution in [1.82, 2.24) is 0 Å². The normalized spacial score (nSPS) is 23.1. The molecular weight excluding hydrogens is 368 g/mol. The van der Waals surface area contributed by atoms with Gasteiger partial charge < -0.3 is 0 Å². The highest BCUT2D eigenvalue weighted by Crippen LogP contribution is 2.50. The molecule has 2 unspecified atom stereocenters. The van der Waals surface area contributed by atoms with Crippen LogP contribution in [0.3, 0.4) is 0 Å². The highest BCUT2D eigenvalue weighted by molar-refractivity contribution is 9.09. The number of hydrogen-bond donors (Lipinski definition) is 0. The molecule has 0 amide bonds. The van der Waals surface area contributed by atoms with E-state index in [1.165, 1.54) is 44.5 Å². The lowest BCUT2D eigenvalue weighted by molar-refractivity contribution is 0.842. The van der Waals surface area contributed by atoms with Gasteiger partial charge in [-0.05, 0) is 64.0 Å². The molecular formula is C24H19Br. The highest BCUT2D eigenvalue weighted by Gasteiger charge is 2.31. The van der Waals surface area contributed by atoms with Crippen molar-refractivity contribution in [3.05, 3.63) is 105 Å². The third-order valence-corrected chi connectivity index (χ3v) is 6.64. The average molecular weight is 387 g/mol. The molecule has 0 nitrogen and oxygen atoms in total. The molecule has 0 aliphatic heterocycles. The summed E-state index contributed by atoms with van der Waals surface area (Å²) in [5.74, 6) is 0.487. The quantitative estimate of drug-likeness (QED) is 0.488. The van der Waals surface area contributed by atoms with E-state index in [9.17, 15) is 0 Å². The lowest BCUT2D eigenvalue weighted by atomic mass is 9.83. The Morgan fingerprint density at radius 2 is 1.60 bits per heavy atom. The van der Waals surface area contributed by atoms with Gasteiger partial charge in [0.25, 0.3) is 0 Å². The van der Waals surface area contributed by atoms with E-state index >= 15 is 0 Å². The van der Waals surface area contributed by atoms with Crippen molar-refractivity contribution in [2.24, 2.45) is 0 Å². The summed E-state index contributed by atoms with van der Waals surface area (Å²) in [6.45, 7) is 2.26. The average Bonchev–Trinajstić information content (AvgIpc) is 3.18. The summed E-state index contributed by atoms with van der Waals surface area (Å²) in [5, 5.41) is 0. The summed E-state index contributed by atoms with van der Waals surface area (Å²) in [4.78, 5) is 0.294. The zero-order valence-electron chi connectivity index (χ0n) is 14.2. The van der Waals surface area contributed by atoms with E-state index in [2.05, 4.69) is 95.7 Å². The number of benzene rings is 2. The number of halogens is 1. The molecule has 5 rings (SSSR count). The Bertz CT molecular complexity index is 1000. The molecule has 0 bridgehead atoms. The first-order valence-corrected chi connectivity index (χ1v) is 9.78. The van der Waals surface area contributed by atoms with Crippen LogP contribution in [0.5, 0.6) is 0 Å². The Morgan fingerprint density at radius 3 is 2.44 bits per heavy atom. The maximum Gasteiger partial charge on any atom is 0.0656 e. The Kier molecular flexibility index (Phi) is 3.46. The molecule has 3 aliphatic rings. The van der Waals surface area contributed by atoms with Gasteiger partial charge in [0.05, 0.1) is 4.83 Å². The van der Waals surface area contributed by atoms with E-state index in [0.29, 0.717) is 10.7 Å². The minimum atomic E-state index is 0.294. The van der Waals surface area contributed by atoms with Gasteiger partial charge in [0.1, 0.15) is 0 Å². The van der Waals surface area contributed by atoms with Gasteiger partial charge >= 0.3 is 0 Å². The Hall–Kier alpha value is -2.12. The minimum Gasteiger partial charge on any atom is -0.0786 e. The molecule has 0 N–H and O–H groups in total. The third kappa shape index (κ3) is 2.33. The SMILES string of the molecule is CC1=C(CC2C=Cc3ccccc32)C2=Cc3ccccc3C(Br)C2=C1. The molecule has 0 spiro atoms. The van der Waals surface area contributed by atoms with E-state index in [4.69, 9.17) is 0 Å². The van der Waals surface area contributed by atoms with Gasteiger partial charge in [-0.1, -0.05) is 82.7 Å². The Morgan fingerprint density at radius 1 is 0.880 bits per heavy atom. The lowest BCUT2D eigenvalue weighted by Gasteiger charge is -2.24. The minimum absolute atomic E-state index is 0.294. The molecule has 25 heavy (non-hydrogen) atoms. The summed E-state index contributed by atoms with van der Waals surface area (Å²) in [6, 6.07) is 17.5. The molecule has 2 aromatic carbocycles. The van der Waals surface area contributed by atoms with Crippen LogP contribution < -0.4 is 0 Å². The second-order valence-electron chi connectivity index (χ2n) is 7.11. The maximum absolute atomic E-state index is 3.94. The molecule has 0 saturated heterocycles. The fraction of sp³-hybridized carbons (Fsp3) is 0.167. The maximum atomic E-state index is 3.94. The molecule has 0 radical (unpaired) electrons. The van der Waals surface area contributed by atoms with E-state index in [-0.39, 0.29) is 0 Å². The topological polar surface area (TPSA) is 0 Å². The molecule has 0 fully saturated rings. The van der Waals surface area contributed by atoms with Crippen molar-refractivity contribution in [3.8, 4) is 0 Å². The number of rotatable bonds is 2. The summed E-state index contributed by atoms with van der Waals surface area (Å²) in [7, 11) is 0. The van der Waals surface area contributed by atoms with Gasteiger partial charge in [-0.15, -0.1) is 0 Å². The van der Waals surface area contributed by atoms with E-state index in [1.807, 2.05) is 0 Å². The van der Waals surface area contributed by atoms with Crippen LogP contribution in [-0.4, -0.2) is 0 Å². The van der Waals surface area contributed by atoms with Gasteiger partial charge in [0.2, 0.25) is 0 Å². The van der Waals surface area contributed by atoms with Crippen LogP contribution in [0, 0.1) is 0 Å². The molecule has 2 atom stereocenters. The first-order valence-electron chi connectivity index (χ1n) is 8.86. The van der Waals surface area contributed by atoms with E-state index < -0.39 is 0 Å². The zero-order valence-corrected chi connectivity index (χ0v) is 15.8. The van der Waals surface area contributed by atoms with E-state index in [1.54, 1.807) is 0 Å². The predicted octanol–water partition coefficient (Wildman–Crippen LogP) is 6.98. The molecule has 1 heteroatoms. The number of hydrogen-bond acceptors (Lipinski definition) is 0. The third-order valence-electron chi connectivity index (χ3n) is 5.65. The summed E-state index contributed by atoms with van der Waals surface area (Å²) < 4.78 is 0. The number of alkyl halides is 1. The second-order valence-corrected chi connectivity index (χ2v) is 8.03. The summed E-state index contributed by atoms with van der Waals surface area (Å²) in [6.07, 6.45) is 10.5. The molecule has 0 aromatic heterocycles. The fourth-order valence-electron chi connectivity index (χ4n) is 4.35. The summed E-state index contributed by atoms with van der Waals surface area (Å²) in [5.41, 5.74) is 11.3. The van der Waals surface area contributed by atoms with Crippen molar-refractivity contribution >= 4 is 28.1 Å². The van der Waals surface area contributed by atoms with Crippen LogP contribution in [0.25, 0.3) is 12.2 Å². The number of allylic oxidation sites excluding steroid dienone is 6. The van der Waals surface area contributed by atoms with Gasteiger partial charge in [0.15, 0.2) is 0 Å². The molecule has 122 valence electrons. The first-order chi connectivity index (χ1) is 12.2. The van der Waals surface area contributed by atoms with Crippen LogP contribution in [0.4, 0.5) is 0 Å². The summed E-state index contributed by atoms with van der Waals surface area (Å²) >= 11 is 3.94. The van der Waals surface area contributed by atoms with E-state index in [0.717, 1.165) is 6.42 Å². The van der Waals surface area contributed by atoms with Gasteiger partial charge in [0, 0.05) is 5.92 Å². The second kappa shape index (κ2) is 5.71. The van der Waals surface area contributed by atoms with Crippen LogP contribution in [0.2, 0.25) is 0 Å². The molecule has 0 saturated carbocycles. The van der Waals surface area contributed by atoms with Crippen LogP contribution >= 0.6 is 15.9 Å². The molecule has 3 aliphatic carbocycles. The van der Waals surface area contributed by atoms with Crippen molar-refractivity contribution in [3.63, 3.8) is 0 Å². The zero-order chi connectivity index (χ0) is 17.0. The Balaban J connectivity index is 1.53. The largest absolute Gasteiger partial charge is 0.0786 e. The van der Waals surface area contributed by atoms with Gasteiger partial charge in [-0.25, -0.2) is 0 Å².